The second kappa shape index (κ2) is 5.79. The molecule has 72 valence electrons. The molecule has 2 nitrogen and oxygen atoms in total. The summed E-state index contributed by atoms with van der Waals surface area (Å²) in [5, 5.41) is 8.91. The summed E-state index contributed by atoms with van der Waals surface area (Å²) in [5.41, 5.74) is 0. The van der Waals surface area contributed by atoms with Gasteiger partial charge in [0.15, 0.2) is 0 Å². The first-order valence-electron chi connectivity index (χ1n) is 4.76. The molecule has 1 aliphatic heterocycles. The highest BCUT2D eigenvalue weighted by atomic mass is 35.5. The first kappa shape index (κ1) is 10.3. The van der Waals surface area contributed by atoms with Gasteiger partial charge < -0.3 is 10.0 Å². The number of piperidine rings is 1. The molecule has 0 bridgehead atoms. The first-order valence-corrected chi connectivity index (χ1v) is 5.29. The van der Waals surface area contributed by atoms with Crippen LogP contribution in [0, 0.1) is 5.92 Å². The smallest absolute Gasteiger partial charge is 0.0460 e. The van der Waals surface area contributed by atoms with E-state index >= 15 is 0 Å². The third kappa shape index (κ3) is 3.30. The first-order chi connectivity index (χ1) is 5.86. The highest BCUT2D eigenvalue weighted by molar-refractivity contribution is 6.17. The minimum Gasteiger partial charge on any atom is -0.396 e. The van der Waals surface area contributed by atoms with Crippen molar-refractivity contribution in [3.05, 3.63) is 0 Å². The Kier molecular flexibility index (Phi) is 4.96. The lowest BCUT2D eigenvalue weighted by Crippen LogP contribution is -2.35. The Morgan fingerprint density at radius 1 is 1.33 bits per heavy atom. The van der Waals surface area contributed by atoms with E-state index in [0.29, 0.717) is 12.5 Å². The van der Waals surface area contributed by atoms with Crippen LogP contribution >= 0.6 is 11.6 Å². The van der Waals surface area contributed by atoms with E-state index in [2.05, 4.69) is 4.90 Å². The number of nitrogens with zero attached hydrogens (tertiary/aromatic N) is 1. The second-order valence-corrected chi connectivity index (χ2v) is 3.89. The van der Waals surface area contributed by atoms with Crippen LogP contribution < -0.4 is 0 Å². The lowest BCUT2D eigenvalue weighted by Gasteiger charge is -2.30. The quantitative estimate of drug-likeness (QED) is 0.678. The normalized spacial score (nSPS) is 21.5. The minimum atomic E-state index is 0.364. The Balaban J connectivity index is 2.09. The molecule has 0 radical (unpaired) electrons. The molecule has 1 aliphatic rings. The highest BCUT2D eigenvalue weighted by Gasteiger charge is 2.17. The molecule has 0 spiro atoms. The van der Waals surface area contributed by atoms with Crippen LogP contribution in [0.3, 0.4) is 0 Å². The fourth-order valence-electron chi connectivity index (χ4n) is 1.68. The Bertz CT molecular complexity index is 113. The summed E-state index contributed by atoms with van der Waals surface area (Å²) in [6.07, 6.45) is 3.39. The zero-order valence-corrected chi connectivity index (χ0v) is 8.26. The zero-order valence-electron chi connectivity index (χ0n) is 7.51. The molecule has 1 N–H and O–H groups in total. The third-order valence-corrected chi connectivity index (χ3v) is 2.84. The number of likely N-dealkylation sites (tertiary alicyclic amines) is 1. The van der Waals surface area contributed by atoms with Crippen LogP contribution in [0.5, 0.6) is 0 Å². The number of rotatable bonds is 4. The third-order valence-electron chi connectivity index (χ3n) is 2.57. The zero-order chi connectivity index (χ0) is 8.81. The van der Waals surface area contributed by atoms with Gasteiger partial charge in [0.1, 0.15) is 0 Å². The van der Waals surface area contributed by atoms with Gasteiger partial charge in [0.05, 0.1) is 0 Å². The molecule has 0 unspecified atom stereocenters. The van der Waals surface area contributed by atoms with Gasteiger partial charge in [-0.25, -0.2) is 0 Å². The minimum absolute atomic E-state index is 0.364. The summed E-state index contributed by atoms with van der Waals surface area (Å²) in [6.45, 7) is 3.77. The van der Waals surface area contributed by atoms with Crippen LogP contribution in [0.15, 0.2) is 0 Å². The van der Waals surface area contributed by atoms with Gasteiger partial charge in [0.25, 0.3) is 0 Å². The summed E-state index contributed by atoms with van der Waals surface area (Å²) >= 11 is 5.61. The van der Waals surface area contributed by atoms with Gasteiger partial charge in [-0.3, -0.25) is 0 Å². The van der Waals surface area contributed by atoms with Crippen molar-refractivity contribution in [3.63, 3.8) is 0 Å². The van der Waals surface area contributed by atoms with Gasteiger partial charge in [-0.15, -0.1) is 11.6 Å². The van der Waals surface area contributed by atoms with E-state index in [1.807, 2.05) is 0 Å². The van der Waals surface area contributed by atoms with Crippen LogP contribution in [0.1, 0.15) is 19.3 Å². The lowest BCUT2D eigenvalue weighted by molar-refractivity contribution is 0.132. The molecule has 0 aromatic rings. The SMILES string of the molecule is OCC1CCN(CCCCl)CC1. The van der Waals surface area contributed by atoms with E-state index in [1.165, 1.54) is 0 Å². The summed E-state index contributed by atoms with van der Waals surface area (Å²) in [7, 11) is 0. The number of hydrogen-bond acceptors (Lipinski definition) is 2. The maximum absolute atomic E-state index is 8.91. The monoisotopic (exact) mass is 191 g/mol. The molecular weight excluding hydrogens is 174 g/mol. The molecule has 0 amide bonds. The number of hydrogen-bond donors (Lipinski definition) is 1. The average molecular weight is 192 g/mol. The molecule has 0 saturated carbocycles. The molecular formula is C9H18ClNO. The Labute approximate surface area is 79.5 Å². The van der Waals surface area contributed by atoms with Crippen LogP contribution in [-0.2, 0) is 0 Å². The summed E-state index contributed by atoms with van der Waals surface area (Å²) in [4.78, 5) is 2.44. The molecule has 0 aliphatic carbocycles. The molecule has 12 heavy (non-hydrogen) atoms. The van der Waals surface area contributed by atoms with Gasteiger partial charge in [-0.2, -0.15) is 0 Å². The van der Waals surface area contributed by atoms with Crippen molar-refractivity contribution in [3.8, 4) is 0 Å². The maximum atomic E-state index is 8.91. The largest absolute Gasteiger partial charge is 0.396 e. The van der Waals surface area contributed by atoms with E-state index in [9.17, 15) is 0 Å². The van der Waals surface area contributed by atoms with Crippen molar-refractivity contribution in [1.82, 2.24) is 4.90 Å². The van der Waals surface area contributed by atoms with Gasteiger partial charge in [0.2, 0.25) is 0 Å². The fraction of sp³-hybridized carbons (Fsp3) is 1.00. The van der Waals surface area contributed by atoms with Crippen molar-refractivity contribution in [2.24, 2.45) is 5.92 Å². The molecule has 1 heterocycles. The number of alkyl halides is 1. The highest BCUT2D eigenvalue weighted by Crippen LogP contribution is 2.16. The van der Waals surface area contributed by atoms with Crippen molar-refractivity contribution >= 4 is 11.6 Å². The molecule has 0 atom stereocenters. The maximum Gasteiger partial charge on any atom is 0.0460 e. The van der Waals surface area contributed by atoms with Gasteiger partial charge in [-0.1, -0.05) is 0 Å². The van der Waals surface area contributed by atoms with Crippen molar-refractivity contribution < 1.29 is 5.11 Å². The predicted octanol–water partition coefficient (Wildman–Crippen LogP) is 1.32. The van der Waals surface area contributed by atoms with E-state index in [0.717, 1.165) is 44.8 Å². The summed E-state index contributed by atoms with van der Waals surface area (Å²) in [5.74, 6) is 1.32. The van der Waals surface area contributed by atoms with Gasteiger partial charge in [-0.05, 0) is 44.8 Å². The standard InChI is InChI=1S/C9H18ClNO/c10-4-1-5-11-6-2-9(8-12)3-7-11/h9,12H,1-8H2. The Morgan fingerprint density at radius 2 is 2.00 bits per heavy atom. The van der Waals surface area contributed by atoms with E-state index in [1.54, 1.807) is 0 Å². The molecule has 1 rings (SSSR count). The van der Waals surface area contributed by atoms with E-state index in [4.69, 9.17) is 16.7 Å². The lowest BCUT2D eigenvalue weighted by atomic mass is 9.98. The average Bonchev–Trinajstić information content (AvgIpc) is 2.15. The van der Waals surface area contributed by atoms with Gasteiger partial charge in [0, 0.05) is 12.5 Å². The number of aliphatic hydroxyl groups is 1. The number of aliphatic hydroxyl groups excluding tert-OH is 1. The Morgan fingerprint density at radius 3 is 2.50 bits per heavy atom. The fourth-order valence-corrected chi connectivity index (χ4v) is 1.80. The van der Waals surface area contributed by atoms with Crippen LogP contribution in [0.2, 0.25) is 0 Å². The van der Waals surface area contributed by atoms with E-state index in [-0.39, 0.29) is 0 Å². The van der Waals surface area contributed by atoms with E-state index < -0.39 is 0 Å². The predicted molar refractivity (Wildman–Crippen MR) is 51.6 cm³/mol. The number of halogens is 1. The molecule has 0 aromatic heterocycles. The van der Waals surface area contributed by atoms with Crippen molar-refractivity contribution in [1.29, 1.82) is 0 Å². The summed E-state index contributed by atoms with van der Waals surface area (Å²) < 4.78 is 0. The molecule has 3 heteroatoms. The molecule has 1 fully saturated rings. The van der Waals surface area contributed by atoms with Gasteiger partial charge >= 0.3 is 0 Å². The van der Waals surface area contributed by atoms with Crippen LogP contribution in [-0.4, -0.2) is 42.1 Å². The van der Waals surface area contributed by atoms with Crippen LogP contribution in [0.4, 0.5) is 0 Å². The second-order valence-electron chi connectivity index (χ2n) is 3.51. The summed E-state index contributed by atoms with van der Waals surface area (Å²) in [6, 6.07) is 0. The van der Waals surface area contributed by atoms with Crippen molar-refractivity contribution in [2.75, 3.05) is 32.1 Å². The molecule has 0 aromatic carbocycles. The molecule has 1 saturated heterocycles. The Hall–Kier alpha value is 0.210. The van der Waals surface area contributed by atoms with Crippen LogP contribution in [0.25, 0.3) is 0 Å². The topological polar surface area (TPSA) is 23.5 Å². The van der Waals surface area contributed by atoms with Crippen molar-refractivity contribution in [2.45, 2.75) is 19.3 Å².